The zero-order chi connectivity index (χ0) is 52.5. The number of aliphatic carboxylic acids is 1. The summed E-state index contributed by atoms with van der Waals surface area (Å²) in [4.78, 5) is 133. The first-order valence-electron chi connectivity index (χ1n) is 24.1. The number of hydrogen-bond acceptors (Lipinski definition) is 15. The summed E-state index contributed by atoms with van der Waals surface area (Å²) >= 11 is 1.43. The van der Waals surface area contributed by atoms with Crippen molar-refractivity contribution in [1.82, 2.24) is 57.4 Å². The number of aliphatic hydroxyl groups is 1. The number of thioether (sulfide) groups is 1. The number of aromatic amines is 1. The molecule has 0 saturated carbocycles. The molecular formula is C44H75N15O11S. The summed E-state index contributed by atoms with van der Waals surface area (Å²) in [5.41, 5.74) is 17.0. The van der Waals surface area contributed by atoms with Gasteiger partial charge in [-0.2, -0.15) is 11.8 Å². The number of rotatable bonds is 32. The molecule has 2 aliphatic heterocycles. The molecule has 398 valence electrons. The molecule has 0 bridgehead atoms. The van der Waals surface area contributed by atoms with Crippen LogP contribution in [0, 0.1) is 5.92 Å². The summed E-state index contributed by atoms with van der Waals surface area (Å²) in [7, 11) is 0. The number of likely N-dealkylation sites (tertiary alicyclic amines) is 1. The van der Waals surface area contributed by atoms with Gasteiger partial charge in [-0.15, -0.1) is 0 Å². The number of aliphatic hydroxyl groups excluding tert-OH is 1. The lowest BCUT2D eigenvalue weighted by Gasteiger charge is -2.27. The fraction of sp³-hybridized carbons (Fsp3) is 0.705. The molecule has 2 fully saturated rings. The molecule has 0 spiro atoms. The maximum Gasteiger partial charge on any atom is 0.326 e. The van der Waals surface area contributed by atoms with Crippen molar-refractivity contribution in [1.29, 1.82) is 0 Å². The van der Waals surface area contributed by atoms with Crippen LogP contribution in [-0.2, 0) is 49.6 Å². The van der Waals surface area contributed by atoms with Crippen molar-refractivity contribution in [2.45, 2.75) is 139 Å². The molecule has 3 rings (SSSR count). The van der Waals surface area contributed by atoms with E-state index in [1.54, 1.807) is 0 Å². The number of nitrogens with two attached hydrogens (primary N) is 3. The van der Waals surface area contributed by atoms with E-state index in [0.29, 0.717) is 56.5 Å². The van der Waals surface area contributed by atoms with Gasteiger partial charge in [-0.05, 0) is 102 Å². The molecule has 2 saturated heterocycles. The van der Waals surface area contributed by atoms with Crippen LogP contribution in [0.3, 0.4) is 0 Å². The van der Waals surface area contributed by atoms with Crippen LogP contribution in [0.25, 0.3) is 0 Å². The van der Waals surface area contributed by atoms with Crippen LogP contribution >= 0.6 is 11.8 Å². The Labute approximate surface area is 417 Å². The number of guanidine groups is 1. The van der Waals surface area contributed by atoms with Crippen molar-refractivity contribution in [3.05, 3.63) is 18.2 Å². The molecule has 8 amide bonds. The highest BCUT2D eigenvalue weighted by Gasteiger charge is 2.37. The van der Waals surface area contributed by atoms with Crippen molar-refractivity contribution < 1.29 is 53.4 Å². The number of carboxylic acids is 1. The number of H-pyrrole nitrogens is 1. The minimum absolute atomic E-state index is 0.0750. The summed E-state index contributed by atoms with van der Waals surface area (Å²) in [6, 6.07) is -9.18. The maximum absolute atomic E-state index is 14.1. The molecular weight excluding hydrogens is 947 g/mol. The Morgan fingerprint density at radius 1 is 0.803 bits per heavy atom. The first-order valence-corrected chi connectivity index (χ1v) is 25.5. The highest BCUT2D eigenvalue weighted by Crippen LogP contribution is 2.18. The Morgan fingerprint density at radius 3 is 2.06 bits per heavy atom. The summed E-state index contributed by atoms with van der Waals surface area (Å²) < 4.78 is 0. The van der Waals surface area contributed by atoms with Gasteiger partial charge in [0, 0.05) is 31.4 Å². The molecule has 0 radical (unpaired) electrons. The van der Waals surface area contributed by atoms with Crippen LogP contribution in [0.1, 0.15) is 90.2 Å². The van der Waals surface area contributed by atoms with Crippen molar-refractivity contribution in [3.8, 4) is 0 Å². The van der Waals surface area contributed by atoms with Gasteiger partial charge in [0.1, 0.15) is 42.3 Å². The normalized spacial score (nSPS) is 17.9. The molecule has 1 aromatic heterocycles. The Bertz CT molecular complexity index is 1950. The van der Waals surface area contributed by atoms with E-state index in [9.17, 15) is 53.4 Å². The van der Waals surface area contributed by atoms with Crippen molar-refractivity contribution in [3.63, 3.8) is 0 Å². The van der Waals surface area contributed by atoms with Gasteiger partial charge >= 0.3 is 5.97 Å². The van der Waals surface area contributed by atoms with E-state index in [1.807, 2.05) is 20.1 Å². The van der Waals surface area contributed by atoms with Gasteiger partial charge in [-0.3, -0.25) is 43.3 Å². The molecule has 27 heteroatoms. The molecule has 0 unspecified atom stereocenters. The molecule has 1 aromatic rings. The average Bonchev–Trinajstić information content (AvgIpc) is 4.16. The second-order valence-corrected chi connectivity index (χ2v) is 18.9. The first kappa shape index (κ1) is 59.2. The van der Waals surface area contributed by atoms with Crippen LogP contribution in [0.5, 0.6) is 0 Å². The summed E-state index contributed by atoms with van der Waals surface area (Å²) in [6.07, 6.45) is 8.18. The molecule has 0 aromatic carbocycles. The molecule has 2 aliphatic rings. The minimum atomic E-state index is -1.63. The largest absolute Gasteiger partial charge is 0.480 e. The second-order valence-electron chi connectivity index (χ2n) is 17.9. The van der Waals surface area contributed by atoms with Crippen molar-refractivity contribution >= 4 is 70.9 Å². The number of nitrogens with one attached hydrogen (secondary N) is 9. The molecule has 0 aliphatic carbocycles. The minimum Gasteiger partial charge on any atom is -0.480 e. The summed E-state index contributed by atoms with van der Waals surface area (Å²) in [5, 5.41) is 41.3. The number of carbonyl (C=O) groups is 9. The van der Waals surface area contributed by atoms with E-state index in [0.717, 1.165) is 6.42 Å². The number of carboxylic acid groups (broad SMARTS) is 1. The van der Waals surface area contributed by atoms with Crippen LogP contribution in [0.4, 0.5) is 0 Å². The van der Waals surface area contributed by atoms with Crippen molar-refractivity contribution in [2.24, 2.45) is 28.1 Å². The van der Waals surface area contributed by atoms with Gasteiger partial charge in [0.2, 0.25) is 47.3 Å². The topological polar surface area (TPSA) is 413 Å². The third-order valence-electron chi connectivity index (χ3n) is 11.8. The van der Waals surface area contributed by atoms with E-state index in [2.05, 4.69) is 57.5 Å². The monoisotopic (exact) mass is 1020 g/mol. The van der Waals surface area contributed by atoms with Crippen LogP contribution < -0.4 is 59.7 Å². The SMILES string of the molecule is CSCC[C@H](NC(=O)[C@@H]1CCCN1C(=O)CNC(=O)[C@H](CCCCN)NC(=O)[C@H](Cc1cnc[nH]1)NC(=O)[C@H](CO)NC(=O)[C@H](CC(C)C)NC(=O)[C@H](CCCN=C(N)N)NC(=O)[C@@H]1CCCN1)C(=O)O. The number of unbranched alkanes of at least 4 members (excludes halogenated alkanes) is 1. The number of aliphatic imine (C=N–C) groups is 1. The van der Waals surface area contributed by atoms with E-state index < -0.39 is 109 Å². The van der Waals surface area contributed by atoms with Gasteiger partial charge in [-0.25, -0.2) is 9.78 Å². The quantitative estimate of drug-likeness (QED) is 0.0185. The standard InChI is InChI=1S/C44H75N15O11S/c1-25(2)19-31(56-38(64)29(11-7-16-50-44(46)47)54-37(63)27-10-6-15-49-27)39(65)58-33(23-60)41(67)57-32(20-26-21-48-24-52-26)40(66)53-28(9-4-5-14-45)36(62)51-22-35(61)59-17-8-12-34(59)42(68)55-30(43(69)70)13-18-71-3/h21,24-25,27-34,49,60H,4-20,22-23,45H2,1-3H3,(H,48,52)(H,51,62)(H,53,66)(H,54,63)(H,55,68)(H,56,64)(H,57,67)(H,58,65)(H,69,70)(H4,46,47,50)/t27-,28-,29-,30-,31-,32-,33-,34-/m0/s1. The molecule has 26 nitrogen and oxygen atoms in total. The van der Waals surface area contributed by atoms with Gasteiger partial charge in [0.15, 0.2) is 5.96 Å². The van der Waals surface area contributed by atoms with Gasteiger partial charge < -0.3 is 79.8 Å². The predicted octanol–water partition coefficient (Wildman–Crippen LogP) is -4.22. The number of amides is 8. The van der Waals surface area contributed by atoms with E-state index in [1.165, 1.54) is 29.2 Å². The Hall–Kier alpha value is -6.06. The lowest BCUT2D eigenvalue weighted by Crippen LogP contribution is -2.60. The van der Waals surface area contributed by atoms with Gasteiger partial charge in [-0.1, -0.05) is 13.8 Å². The first-order chi connectivity index (χ1) is 33.9. The summed E-state index contributed by atoms with van der Waals surface area (Å²) in [5.74, 6) is -6.67. The lowest BCUT2D eigenvalue weighted by molar-refractivity contribution is -0.144. The Kier molecular flexibility index (Phi) is 26.1. The van der Waals surface area contributed by atoms with Gasteiger partial charge in [0.05, 0.1) is 25.5 Å². The lowest BCUT2D eigenvalue weighted by atomic mass is 10.0. The number of carbonyl (C=O) groups excluding carboxylic acids is 8. The van der Waals surface area contributed by atoms with E-state index >= 15 is 0 Å². The highest BCUT2D eigenvalue weighted by molar-refractivity contribution is 7.98. The Morgan fingerprint density at radius 2 is 1.44 bits per heavy atom. The van der Waals surface area contributed by atoms with E-state index in [-0.39, 0.29) is 69.5 Å². The predicted molar refractivity (Wildman–Crippen MR) is 263 cm³/mol. The van der Waals surface area contributed by atoms with Crippen molar-refractivity contribution in [2.75, 3.05) is 51.3 Å². The average molecular weight is 1020 g/mol. The molecule has 3 heterocycles. The van der Waals surface area contributed by atoms with Crippen LogP contribution in [-0.4, -0.2) is 184 Å². The third-order valence-corrected chi connectivity index (χ3v) is 12.5. The summed E-state index contributed by atoms with van der Waals surface area (Å²) in [6.45, 7) is 3.45. The van der Waals surface area contributed by atoms with Crippen LogP contribution in [0.15, 0.2) is 17.5 Å². The third kappa shape index (κ3) is 20.7. The van der Waals surface area contributed by atoms with E-state index in [4.69, 9.17) is 17.2 Å². The van der Waals surface area contributed by atoms with Crippen LogP contribution in [0.2, 0.25) is 0 Å². The molecule has 8 atom stereocenters. The second kappa shape index (κ2) is 31.3. The number of aromatic nitrogens is 2. The number of nitrogens with zero attached hydrogens (tertiary/aromatic N) is 3. The zero-order valence-corrected chi connectivity index (χ0v) is 41.7. The molecule has 17 N–H and O–H groups in total. The number of hydrogen-bond donors (Lipinski definition) is 14. The fourth-order valence-corrected chi connectivity index (χ4v) is 8.48. The smallest absolute Gasteiger partial charge is 0.326 e. The van der Waals surface area contributed by atoms with Gasteiger partial charge in [0.25, 0.3) is 0 Å². The Balaban J connectivity index is 1.74. The highest BCUT2D eigenvalue weighted by atomic mass is 32.2. The maximum atomic E-state index is 14.1. The molecule has 71 heavy (non-hydrogen) atoms. The number of imidazole rings is 1. The fourth-order valence-electron chi connectivity index (χ4n) is 8.01. The zero-order valence-electron chi connectivity index (χ0n) is 40.8.